The third kappa shape index (κ3) is 4.41. The monoisotopic (exact) mass is 462 g/mol. The van der Waals surface area contributed by atoms with Crippen molar-refractivity contribution >= 4 is 11.3 Å². The number of ether oxygens (including phenoxy) is 2. The second-order valence-corrected chi connectivity index (χ2v) is 8.71. The number of hydrogen-bond donors (Lipinski definition) is 1. The lowest BCUT2D eigenvalue weighted by molar-refractivity contribution is -0.274. The van der Waals surface area contributed by atoms with Crippen molar-refractivity contribution in [1.82, 2.24) is 19.8 Å². The van der Waals surface area contributed by atoms with E-state index in [4.69, 9.17) is 15.6 Å². The second kappa shape index (κ2) is 8.36. The van der Waals surface area contributed by atoms with Gasteiger partial charge in [0.25, 0.3) is 0 Å². The van der Waals surface area contributed by atoms with Gasteiger partial charge in [0, 0.05) is 18.7 Å². The molecule has 0 atom stereocenters. The predicted octanol–water partition coefficient (Wildman–Crippen LogP) is 3.58. The van der Waals surface area contributed by atoms with Crippen molar-refractivity contribution in [2.75, 3.05) is 25.1 Å². The van der Waals surface area contributed by atoms with Crippen LogP contribution in [0, 0.1) is 5.92 Å². The van der Waals surface area contributed by atoms with Gasteiger partial charge in [0.15, 0.2) is 11.6 Å². The van der Waals surface area contributed by atoms with Crippen LogP contribution in [0.15, 0.2) is 24.3 Å². The first-order valence-corrected chi connectivity index (χ1v) is 11.0. The quantitative estimate of drug-likeness (QED) is 0.634. The van der Waals surface area contributed by atoms with Crippen LogP contribution in [0.3, 0.4) is 0 Å². The molecular formula is C22H25F3N6O2. The molecule has 8 nitrogen and oxygen atoms in total. The Bertz CT molecular complexity index is 1160. The summed E-state index contributed by atoms with van der Waals surface area (Å²) in [6.45, 7) is 1.23. The number of anilines is 1. The smallest absolute Gasteiger partial charge is 0.486 e. The molecule has 0 unspecified atom stereocenters. The van der Waals surface area contributed by atoms with E-state index in [1.807, 2.05) is 7.05 Å². The standard InChI is InChI=1S/C22H25F3N6O2/c1-30-9-10-32-19-18(30)17(11-13-5-7-15(26)8-6-13)29-31-20(27-28-21(19)31)14-3-2-4-16(12-14)33-22(23,24)25/h2-4,12-13,15H,5-11,26H2,1H3. The molecule has 3 heterocycles. The minimum absolute atomic E-state index is 0.257. The third-order valence-corrected chi connectivity index (χ3v) is 6.31. The Morgan fingerprint density at radius 3 is 2.73 bits per heavy atom. The van der Waals surface area contributed by atoms with Gasteiger partial charge in [-0.3, -0.25) is 0 Å². The van der Waals surface area contributed by atoms with Gasteiger partial charge in [-0.1, -0.05) is 12.1 Å². The topological polar surface area (TPSA) is 90.8 Å². The number of halogens is 3. The summed E-state index contributed by atoms with van der Waals surface area (Å²) in [6.07, 6.45) is 0.0271. The second-order valence-electron chi connectivity index (χ2n) is 8.71. The van der Waals surface area contributed by atoms with E-state index in [2.05, 4.69) is 19.8 Å². The van der Waals surface area contributed by atoms with Crippen molar-refractivity contribution in [3.63, 3.8) is 0 Å². The summed E-state index contributed by atoms with van der Waals surface area (Å²) >= 11 is 0. The summed E-state index contributed by atoms with van der Waals surface area (Å²) in [5.41, 5.74) is 8.68. The van der Waals surface area contributed by atoms with Crippen molar-refractivity contribution < 1.29 is 22.6 Å². The van der Waals surface area contributed by atoms with Crippen LogP contribution in [0.1, 0.15) is 31.4 Å². The minimum atomic E-state index is -4.78. The first-order chi connectivity index (χ1) is 15.8. The van der Waals surface area contributed by atoms with Crippen LogP contribution >= 0.6 is 0 Å². The molecule has 1 aromatic carbocycles. The minimum Gasteiger partial charge on any atom is -0.486 e. The number of rotatable bonds is 4. The molecule has 1 fully saturated rings. The summed E-state index contributed by atoms with van der Waals surface area (Å²) < 4.78 is 49.7. The summed E-state index contributed by atoms with van der Waals surface area (Å²) in [6, 6.07) is 5.90. The SMILES string of the molecule is CN1CCOc2c1c(CC1CCC(N)CC1)nn1c(-c3cccc(OC(F)(F)F)c3)nnc21. The number of fused-ring (bicyclic) bond motifs is 3. The summed E-state index contributed by atoms with van der Waals surface area (Å²) in [5, 5.41) is 13.4. The maximum Gasteiger partial charge on any atom is 0.573 e. The van der Waals surface area contributed by atoms with Gasteiger partial charge in [0.1, 0.15) is 18.0 Å². The predicted molar refractivity (Wildman–Crippen MR) is 115 cm³/mol. The molecule has 2 aliphatic rings. The van der Waals surface area contributed by atoms with E-state index in [-0.39, 0.29) is 11.8 Å². The molecule has 5 rings (SSSR count). The lowest BCUT2D eigenvalue weighted by Gasteiger charge is -2.31. The molecule has 0 bridgehead atoms. The molecule has 1 aliphatic carbocycles. The van der Waals surface area contributed by atoms with Crippen molar-refractivity contribution in [3.8, 4) is 22.9 Å². The van der Waals surface area contributed by atoms with Gasteiger partial charge < -0.3 is 20.1 Å². The van der Waals surface area contributed by atoms with Gasteiger partial charge in [0.05, 0.1) is 12.2 Å². The van der Waals surface area contributed by atoms with Crippen LogP contribution in [0.25, 0.3) is 17.0 Å². The summed E-state index contributed by atoms with van der Waals surface area (Å²) in [5.74, 6) is 1.05. The van der Waals surface area contributed by atoms with E-state index >= 15 is 0 Å². The van der Waals surface area contributed by atoms with Crippen LogP contribution < -0.4 is 20.1 Å². The molecule has 176 valence electrons. The Balaban J connectivity index is 1.58. The highest BCUT2D eigenvalue weighted by Crippen LogP contribution is 2.40. The van der Waals surface area contributed by atoms with Crippen molar-refractivity contribution in [2.24, 2.45) is 11.7 Å². The molecule has 3 aromatic rings. The fraction of sp³-hybridized carbons (Fsp3) is 0.500. The zero-order chi connectivity index (χ0) is 23.2. The van der Waals surface area contributed by atoms with E-state index < -0.39 is 6.36 Å². The number of benzene rings is 1. The number of aromatic nitrogens is 4. The Labute approximate surface area is 188 Å². The maximum absolute atomic E-state index is 12.7. The van der Waals surface area contributed by atoms with Crippen molar-refractivity contribution in [3.05, 3.63) is 30.0 Å². The van der Waals surface area contributed by atoms with Crippen LogP contribution in [0.2, 0.25) is 0 Å². The Morgan fingerprint density at radius 1 is 1.18 bits per heavy atom. The Kier molecular flexibility index (Phi) is 5.51. The van der Waals surface area contributed by atoms with E-state index in [9.17, 15) is 13.2 Å². The van der Waals surface area contributed by atoms with E-state index in [0.29, 0.717) is 35.3 Å². The lowest BCUT2D eigenvalue weighted by atomic mass is 9.83. The fourth-order valence-corrected chi connectivity index (χ4v) is 4.66. The van der Waals surface area contributed by atoms with E-state index in [1.165, 1.54) is 18.2 Å². The number of alkyl halides is 3. The van der Waals surface area contributed by atoms with Gasteiger partial charge in [0.2, 0.25) is 5.65 Å². The van der Waals surface area contributed by atoms with E-state index in [0.717, 1.165) is 50.0 Å². The average Bonchev–Trinajstić information content (AvgIpc) is 3.18. The first-order valence-electron chi connectivity index (χ1n) is 11.0. The third-order valence-electron chi connectivity index (χ3n) is 6.31. The number of nitrogens with two attached hydrogens (primary N) is 1. The summed E-state index contributed by atoms with van der Waals surface area (Å²) in [7, 11) is 2.00. The van der Waals surface area contributed by atoms with Crippen LogP contribution in [-0.2, 0) is 6.42 Å². The Morgan fingerprint density at radius 2 is 1.97 bits per heavy atom. The largest absolute Gasteiger partial charge is 0.573 e. The number of likely N-dealkylation sites (N-methyl/N-ethyl adjacent to an activating group) is 1. The van der Waals surface area contributed by atoms with Gasteiger partial charge in [-0.05, 0) is 50.2 Å². The molecule has 33 heavy (non-hydrogen) atoms. The van der Waals surface area contributed by atoms with Gasteiger partial charge in [-0.25, -0.2) is 0 Å². The van der Waals surface area contributed by atoms with Crippen molar-refractivity contribution in [1.29, 1.82) is 0 Å². The molecule has 1 aliphatic heterocycles. The van der Waals surface area contributed by atoms with Crippen LogP contribution in [0.5, 0.6) is 11.5 Å². The van der Waals surface area contributed by atoms with Crippen LogP contribution in [0.4, 0.5) is 18.9 Å². The maximum atomic E-state index is 12.7. The van der Waals surface area contributed by atoms with Gasteiger partial charge in [-0.15, -0.1) is 23.4 Å². The van der Waals surface area contributed by atoms with Crippen LogP contribution in [-0.4, -0.2) is 52.4 Å². The van der Waals surface area contributed by atoms with Crippen molar-refractivity contribution in [2.45, 2.75) is 44.5 Å². The molecule has 0 amide bonds. The molecule has 2 aromatic heterocycles. The molecule has 0 spiro atoms. The highest BCUT2D eigenvalue weighted by atomic mass is 19.4. The first kappa shape index (κ1) is 21.7. The lowest BCUT2D eigenvalue weighted by Crippen LogP contribution is -2.32. The average molecular weight is 462 g/mol. The molecule has 11 heteroatoms. The zero-order valence-corrected chi connectivity index (χ0v) is 18.2. The normalized spacial score (nSPS) is 21.1. The fourth-order valence-electron chi connectivity index (χ4n) is 4.66. The molecule has 0 saturated heterocycles. The van der Waals surface area contributed by atoms with E-state index in [1.54, 1.807) is 10.6 Å². The Hall–Kier alpha value is -3.08. The van der Waals surface area contributed by atoms with Gasteiger partial charge in [-0.2, -0.15) is 9.61 Å². The summed E-state index contributed by atoms with van der Waals surface area (Å²) in [4.78, 5) is 2.11. The molecule has 1 saturated carbocycles. The highest BCUT2D eigenvalue weighted by Gasteiger charge is 2.32. The molecule has 0 radical (unpaired) electrons. The highest BCUT2D eigenvalue weighted by molar-refractivity contribution is 5.75. The zero-order valence-electron chi connectivity index (χ0n) is 18.2. The number of hydrogen-bond acceptors (Lipinski definition) is 7. The number of nitrogens with zero attached hydrogens (tertiary/aromatic N) is 5. The molecule has 2 N–H and O–H groups in total. The van der Waals surface area contributed by atoms with Gasteiger partial charge >= 0.3 is 6.36 Å². The molecular weight excluding hydrogens is 437 g/mol.